The number of fused-ring (bicyclic) bond motifs is 2. The lowest BCUT2D eigenvalue weighted by molar-refractivity contribution is 0.806. The number of benzene rings is 4. The minimum atomic E-state index is 0.155. The van der Waals surface area contributed by atoms with Gasteiger partial charge in [-0.2, -0.15) is 0 Å². The smallest absolute Gasteiger partial charge is 0.0900 e. The van der Waals surface area contributed by atoms with Crippen molar-refractivity contribution in [3.63, 3.8) is 0 Å². The van der Waals surface area contributed by atoms with Crippen molar-refractivity contribution in [1.29, 1.82) is 0 Å². The van der Waals surface area contributed by atoms with Gasteiger partial charge in [0.05, 0.1) is 33.5 Å². The molecule has 33 heavy (non-hydrogen) atoms. The van der Waals surface area contributed by atoms with Crippen molar-refractivity contribution in [3.05, 3.63) is 99.2 Å². The fourth-order valence-corrected chi connectivity index (χ4v) is 4.41. The molecule has 0 aromatic heterocycles. The van der Waals surface area contributed by atoms with Crippen LogP contribution in [0.15, 0.2) is 98.9 Å². The summed E-state index contributed by atoms with van der Waals surface area (Å²) >= 11 is 7.06. The van der Waals surface area contributed by atoms with Gasteiger partial charge >= 0.3 is 0 Å². The van der Waals surface area contributed by atoms with Gasteiger partial charge in [0, 0.05) is 26.4 Å². The van der Waals surface area contributed by atoms with E-state index in [4.69, 9.17) is 9.98 Å². The summed E-state index contributed by atoms with van der Waals surface area (Å²) in [5, 5.41) is 4.45. The Kier molecular flexibility index (Phi) is 6.04. The number of para-hydroxylation sites is 2. The monoisotopic (exact) mass is 560 g/mol. The molecular formula is C27H22Br2N4. The minimum absolute atomic E-state index is 0.155. The predicted octanol–water partition coefficient (Wildman–Crippen LogP) is 7.71. The summed E-state index contributed by atoms with van der Waals surface area (Å²) in [6.45, 7) is 4.18. The standard InChI is InChI=1S/C27H22Br2N4/c1-17(2)30-24-16-27-25(15-23(24)31-20-11-7-18(28)8-12-20)32-22-5-3-4-6-26(22)33(27)21-13-9-19(29)10-14-21/h3-17,31H,1-2H3. The number of hydrogen-bond donors (Lipinski definition) is 1. The van der Waals surface area contributed by atoms with Gasteiger partial charge < -0.3 is 9.88 Å². The molecule has 0 radical (unpaired) electrons. The zero-order chi connectivity index (χ0) is 22.9. The average Bonchev–Trinajstić information content (AvgIpc) is 2.80. The molecule has 4 nitrogen and oxygen atoms in total. The molecule has 3 aromatic rings. The molecule has 0 atom stereocenters. The zero-order valence-electron chi connectivity index (χ0n) is 18.3. The molecule has 3 aromatic carbocycles. The summed E-state index contributed by atoms with van der Waals surface area (Å²) in [5.74, 6) is 0. The Hall–Kier alpha value is -2.96. The molecule has 2 aliphatic rings. The van der Waals surface area contributed by atoms with E-state index in [0.29, 0.717) is 0 Å². The van der Waals surface area contributed by atoms with E-state index in [-0.39, 0.29) is 6.04 Å². The van der Waals surface area contributed by atoms with E-state index < -0.39 is 0 Å². The third kappa shape index (κ3) is 4.59. The highest BCUT2D eigenvalue weighted by molar-refractivity contribution is 9.10. The van der Waals surface area contributed by atoms with Crippen LogP contribution in [0.1, 0.15) is 13.8 Å². The van der Waals surface area contributed by atoms with Gasteiger partial charge in [-0.1, -0.05) is 44.0 Å². The van der Waals surface area contributed by atoms with E-state index in [1.54, 1.807) is 0 Å². The van der Waals surface area contributed by atoms with E-state index >= 15 is 0 Å². The van der Waals surface area contributed by atoms with E-state index in [0.717, 1.165) is 53.8 Å². The molecule has 6 heteroatoms. The van der Waals surface area contributed by atoms with Gasteiger partial charge in [0.25, 0.3) is 0 Å². The van der Waals surface area contributed by atoms with Gasteiger partial charge in [0.2, 0.25) is 0 Å². The first-order valence-corrected chi connectivity index (χ1v) is 12.3. The molecule has 0 saturated carbocycles. The third-order valence-corrected chi connectivity index (χ3v) is 6.36. The summed E-state index contributed by atoms with van der Waals surface area (Å²) in [7, 11) is 0. The molecule has 0 amide bonds. The summed E-state index contributed by atoms with van der Waals surface area (Å²) in [4.78, 5) is 9.93. The van der Waals surface area contributed by atoms with Crippen LogP contribution in [0, 0.1) is 0 Å². The van der Waals surface area contributed by atoms with Gasteiger partial charge in [-0.05, 0) is 86.6 Å². The number of aromatic nitrogens is 2. The van der Waals surface area contributed by atoms with Crippen LogP contribution in [0.5, 0.6) is 0 Å². The first kappa shape index (κ1) is 21.9. The Morgan fingerprint density at radius 2 is 1.52 bits per heavy atom. The lowest BCUT2D eigenvalue weighted by Crippen LogP contribution is -2.16. The molecule has 1 aliphatic carbocycles. The molecule has 1 N–H and O–H groups in total. The maximum Gasteiger partial charge on any atom is 0.0900 e. The fourth-order valence-electron chi connectivity index (χ4n) is 3.88. The first-order valence-electron chi connectivity index (χ1n) is 10.8. The largest absolute Gasteiger partial charge is 0.354 e. The molecule has 5 rings (SSSR count). The Bertz CT molecular complexity index is 1470. The van der Waals surface area contributed by atoms with E-state index in [9.17, 15) is 0 Å². The SMILES string of the molecule is CC(C)N=c1cc2n(-c3ccc(Br)cc3)c3ccccc3nc-2cc1Nc1ccc(Br)cc1. The lowest BCUT2D eigenvalue weighted by atomic mass is 10.1. The van der Waals surface area contributed by atoms with Crippen molar-refractivity contribution < 1.29 is 0 Å². The average molecular weight is 562 g/mol. The number of nitrogens with zero attached hydrogens (tertiary/aromatic N) is 3. The predicted molar refractivity (Wildman–Crippen MR) is 144 cm³/mol. The highest BCUT2D eigenvalue weighted by Gasteiger charge is 2.16. The Labute approximate surface area is 209 Å². The van der Waals surface area contributed by atoms with Crippen LogP contribution < -0.4 is 10.7 Å². The molecule has 0 unspecified atom stereocenters. The third-order valence-electron chi connectivity index (χ3n) is 5.30. The number of rotatable bonds is 4. The van der Waals surface area contributed by atoms with Crippen LogP contribution in [-0.2, 0) is 0 Å². The van der Waals surface area contributed by atoms with Crippen molar-refractivity contribution in [3.8, 4) is 17.1 Å². The summed E-state index contributed by atoms with van der Waals surface area (Å²) < 4.78 is 4.35. The second-order valence-electron chi connectivity index (χ2n) is 8.13. The second kappa shape index (κ2) is 9.12. The number of anilines is 2. The molecule has 1 aliphatic heterocycles. The van der Waals surface area contributed by atoms with Crippen molar-refractivity contribution in [2.75, 3.05) is 5.32 Å². The van der Waals surface area contributed by atoms with E-state index in [1.165, 1.54) is 0 Å². The van der Waals surface area contributed by atoms with Gasteiger partial charge in [-0.3, -0.25) is 4.99 Å². The summed E-state index contributed by atoms with van der Waals surface area (Å²) in [6, 6.07) is 29.1. The van der Waals surface area contributed by atoms with Crippen molar-refractivity contribution >= 4 is 54.3 Å². The lowest BCUT2D eigenvalue weighted by Gasteiger charge is -2.20. The molecule has 0 saturated heterocycles. The van der Waals surface area contributed by atoms with Crippen molar-refractivity contribution in [1.82, 2.24) is 9.55 Å². The van der Waals surface area contributed by atoms with Crippen LogP contribution in [0.25, 0.3) is 28.1 Å². The maximum absolute atomic E-state index is 5.00. The fraction of sp³-hybridized carbons (Fsp3) is 0.111. The van der Waals surface area contributed by atoms with Crippen molar-refractivity contribution in [2.24, 2.45) is 4.99 Å². The Balaban J connectivity index is 1.80. The highest BCUT2D eigenvalue weighted by Crippen LogP contribution is 2.31. The van der Waals surface area contributed by atoms with Gasteiger partial charge in [-0.25, -0.2) is 4.98 Å². The van der Waals surface area contributed by atoms with Crippen LogP contribution in [0.2, 0.25) is 0 Å². The van der Waals surface area contributed by atoms with Gasteiger partial charge in [-0.15, -0.1) is 0 Å². The molecule has 0 fully saturated rings. The van der Waals surface area contributed by atoms with Crippen LogP contribution in [0.3, 0.4) is 0 Å². The normalized spacial score (nSPS) is 12.1. The van der Waals surface area contributed by atoms with E-state index in [2.05, 4.69) is 104 Å². The molecule has 1 heterocycles. The van der Waals surface area contributed by atoms with Gasteiger partial charge in [0.15, 0.2) is 0 Å². The van der Waals surface area contributed by atoms with Crippen LogP contribution in [0.4, 0.5) is 11.4 Å². The summed E-state index contributed by atoms with van der Waals surface area (Å²) in [5.41, 5.74) is 6.91. The van der Waals surface area contributed by atoms with E-state index in [1.807, 2.05) is 36.4 Å². The molecule has 0 bridgehead atoms. The topological polar surface area (TPSA) is 42.2 Å². The molecular weight excluding hydrogens is 540 g/mol. The second-order valence-corrected chi connectivity index (χ2v) is 9.96. The number of halogens is 2. The number of nitrogens with one attached hydrogen (secondary N) is 1. The van der Waals surface area contributed by atoms with Crippen LogP contribution >= 0.6 is 31.9 Å². The Morgan fingerprint density at radius 1 is 0.848 bits per heavy atom. The van der Waals surface area contributed by atoms with Crippen LogP contribution in [-0.4, -0.2) is 15.6 Å². The highest BCUT2D eigenvalue weighted by atomic mass is 79.9. The first-order chi connectivity index (χ1) is 16.0. The molecule has 164 valence electrons. The maximum atomic E-state index is 5.00. The van der Waals surface area contributed by atoms with Gasteiger partial charge in [0.1, 0.15) is 0 Å². The summed E-state index contributed by atoms with van der Waals surface area (Å²) in [6.07, 6.45) is 0. The van der Waals surface area contributed by atoms with Crippen molar-refractivity contribution in [2.45, 2.75) is 19.9 Å². The minimum Gasteiger partial charge on any atom is -0.354 e. The number of hydrogen-bond acceptors (Lipinski definition) is 3. The molecule has 0 spiro atoms. The zero-order valence-corrected chi connectivity index (χ0v) is 21.4. The Morgan fingerprint density at radius 3 is 2.21 bits per heavy atom. The quantitative estimate of drug-likeness (QED) is 0.228.